The maximum atomic E-state index is 12.0. The lowest BCUT2D eigenvalue weighted by molar-refractivity contribution is -0.0632. The summed E-state index contributed by atoms with van der Waals surface area (Å²) in [5, 5.41) is 31.0. The highest BCUT2D eigenvalue weighted by molar-refractivity contribution is 5.95. The first-order valence-corrected chi connectivity index (χ1v) is 8.58. The Morgan fingerprint density at radius 2 is 1.96 bits per heavy atom. The molecule has 0 radical (unpaired) electrons. The van der Waals surface area contributed by atoms with Crippen molar-refractivity contribution in [3.05, 3.63) is 65.4 Å². The van der Waals surface area contributed by atoms with Gasteiger partial charge in [-0.15, -0.1) is 0 Å². The first kappa shape index (κ1) is 17.1. The molecule has 136 valence electrons. The number of carbonyl (C=O) groups is 1. The van der Waals surface area contributed by atoms with E-state index in [0.29, 0.717) is 22.4 Å². The van der Waals surface area contributed by atoms with Crippen LogP contribution in [0.5, 0.6) is 5.75 Å². The molecule has 2 atom stereocenters. The molecule has 1 aliphatic heterocycles. The average Bonchev–Trinajstić information content (AvgIpc) is 3.02. The molecule has 6 nitrogen and oxygen atoms in total. The Kier molecular flexibility index (Phi) is 3.72. The number of rotatable bonds is 2. The number of ether oxygens (including phenoxy) is 1. The van der Waals surface area contributed by atoms with Crippen molar-refractivity contribution in [2.75, 3.05) is 0 Å². The summed E-state index contributed by atoms with van der Waals surface area (Å²) < 4.78 is 7.58. The van der Waals surface area contributed by atoms with Crippen molar-refractivity contribution in [1.82, 2.24) is 4.57 Å². The van der Waals surface area contributed by atoms with Gasteiger partial charge in [-0.3, -0.25) is 0 Å². The van der Waals surface area contributed by atoms with Gasteiger partial charge in [-0.05, 0) is 44.2 Å². The molecular weight excluding hydrogens is 344 g/mol. The van der Waals surface area contributed by atoms with Gasteiger partial charge in [-0.25, -0.2) is 4.79 Å². The van der Waals surface area contributed by atoms with E-state index in [2.05, 4.69) is 6.07 Å². The molecule has 3 aromatic rings. The van der Waals surface area contributed by atoms with Crippen LogP contribution in [0.2, 0.25) is 0 Å². The quantitative estimate of drug-likeness (QED) is 0.729. The van der Waals surface area contributed by atoms with Gasteiger partial charge in [0.25, 0.3) is 0 Å². The number of aliphatic hydroxyl groups is 1. The summed E-state index contributed by atoms with van der Waals surface area (Å²) in [7, 11) is 0. The van der Waals surface area contributed by atoms with Crippen molar-refractivity contribution in [1.29, 1.82) is 5.26 Å². The highest BCUT2D eigenvalue weighted by Crippen LogP contribution is 2.44. The zero-order valence-electron chi connectivity index (χ0n) is 14.9. The molecule has 0 saturated heterocycles. The van der Waals surface area contributed by atoms with Gasteiger partial charge in [0.05, 0.1) is 17.7 Å². The molecule has 2 aromatic carbocycles. The standard InChI is InChI=1S/C21H18N2O4/c1-21(2)19(24)18(14-9-12(11-22)7-8-17(14)27-21)23-15-6-4-3-5-13(15)10-16(23)20(25)26/h3-10,18-19,24H,1-2H3,(H,25,26)/t18-,19+/m0/s1. The molecule has 6 heteroatoms. The van der Waals surface area contributed by atoms with Crippen LogP contribution in [0.4, 0.5) is 0 Å². The number of carboxylic acid groups (broad SMARTS) is 1. The SMILES string of the molecule is CC1(C)Oc2ccc(C#N)cc2[C@H](n2c(C(=O)O)cc3ccccc32)[C@H]1O. The number of nitriles is 1. The second kappa shape index (κ2) is 5.86. The van der Waals surface area contributed by atoms with Gasteiger partial charge >= 0.3 is 5.97 Å². The van der Waals surface area contributed by atoms with Gasteiger partial charge in [0.2, 0.25) is 0 Å². The Morgan fingerprint density at radius 1 is 1.22 bits per heavy atom. The van der Waals surface area contributed by atoms with E-state index >= 15 is 0 Å². The number of aromatic carboxylic acids is 1. The van der Waals surface area contributed by atoms with Crippen LogP contribution in [0.25, 0.3) is 10.9 Å². The molecular formula is C21H18N2O4. The molecule has 4 rings (SSSR count). The van der Waals surface area contributed by atoms with Gasteiger partial charge in [0.1, 0.15) is 23.1 Å². The molecule has 1 aliphatic rings. The molecule has 2 heterocycles. The minimum absolute atomic E-state index is 0.0752. The van der Waals surface area contributed by atoms with Crippen molar-refractivity contribution >= 4 is 16.9 Å². The van der Waals surface area contributed by atoms with Crippen LogP contribution in [-0.4, -0.2) is 32.5 Å². The van der Waals surface area contributed by atoms with E-state index in [0.717, 1.165) is 5.39 Å². The predicted molar refractivity (Wildman–Crippen MR) is 98.9 cm³/mol. The molecule has 0 spiro atoms. The van der Waals surface area contributed by atoms with Crippen LogP contribution >= 0.6 is 0 Å². The lowest BCUT2D eigenvalue weighted by Gasteiger charge is -2.43. The molecule has 0 saturated carbocycles. The summed E-state index contributed by atoms with van der Waals surface area (Å²) in [6.45, 7) is 3.52. The van der Waals surface area contributed by atoms with E-state index in [9.17, 15) is 20.3 Å². The van der Waals surface area contributed by atoms with E-state index in [-0.39, 0.29) is 5.69 Å². The van der Waals surface area contributed by atoms with E-state index in [1.54, 1.807) is 42.7 Å². The lowest BCUT2D eigenvalue weighted by Crippen LogP contribution is -2.51. The minimum atomic E-state index is -1.08. The average molecular weight is 362 g/mol. The van der Waals surface area contributed by atoms with E-state index in [4.69, 9.17) is 4.74 Å². The fraction of sp³-hybridized carbons (Fsp3) is 0.238. The number of hydrogen-bond donors (Lipinski definition) is 2. The Bertz CT molecular complexity index is 1110. The Labute approximate surface area is 155 Å². The summed E-state index contributed by atoms with van der Waals surface area (Å²) in [5.41, 5.74) is 0.844. The van der Waals surface area contributed by atoms with Gasteiger partial charge < -0.3 is 19.5 Å². The van der Waals surface area contributed by atoms with Crippen LogP contribution in [0.3, 0.4) is 0 Å². The van der Waals surface area contributed by atoms with E-state index < -0.39 is 23.7 Å². The van der Waals surface area contributed by atoms with Crippen molar-refractivity contribution in [2.24, 2.45) is 0 Å². The third kappa shape index (κ3) is 2.56. The fourth-order valence-electron chi connectivity index (χ4n) is 3.76. The zero-order chi connectivity index (χ0) is 19.3. The molecule has 0 fully saturated rings. The molecule has 2 N–H and O–H groups in total. The van der Waals surface area contributed by atoms with Gasteiger partial charge in [-0.2, -0.15) is 5.26 Å². The molecule has 0 aliphatic carbocycles. The van der Waals surface area contributed by atoms with Crippen molar-refractivity contribution in [3.63, 3.8) is 0 Å². The number of nitrogens with zero attached hydrogens (tertiary/aromatic N) is 2. The number of carboxylic acids is 1. The van der Waals surface area contributed by atoms with E-state index in [1.165, 1.54) is 0 Å². The first-order valence-electron chi connectivity index (χ1n) is 8.58. The normalized spacial score (nSPS) is 20.5. The molecule has 0 unspecified atom stereocenters. The maximum Gasteiger partial charge on any atom is 0.352 e. The van der Waals surface area contributed by atoms with Crippen LogP contribution in [0.1, 0.15) is 41.5 Å². The van der Waals surface area contributed by atoms with Crippen molar-refractivity contribution < 1.29 is 19.7 Å². The first-order chi connectivity index (χ1) is 12.8. The Morgan fingerprint density at radius 3 is 2.67 bits per heavy atom. The van der Waals surface area contributed by atoms with Gasteiger partial charge in [0, 0.05) is 16.5 Å². The number of para-hydroxylation sites is 1. The van der Waals surface area contributed by atoms with Crippen molar-refractivity contribution in [3.8, 4) is 11.8 Å². The second-order valence-corrected chi connectivity index (χ2v) is 7.22. The monoisotopic (exact) mass is 362 g/mol. The summed E-state index contributed by atoms with van der Waals surface area (Å²) in [6.07, 6.45) is -1.02. The lowest BCUT2D eigenvalue weighted by atomic mass is 9.85. The predicted octanol–water partition coefficient (Wildman–Crippen LogP) is 3.33. The minimum Gasteiger partial charge on any atom is -0.485 e. The smallest absolute Gasteiger partial charge is 0.352 e. The fourth-order valence-corrected chi connectivity index (χ4v) is 3.76. The Balaban J connectivity index is 2.07. The van der Waals surface area contributed by atoms with E-state index in [1.807, 2.05) is 24.3 Å². The highest BCUT2D eigenvalue weighted by Gasteiger charge is 2.45. The third-order valence-electron chi connectivity index (χ3n) is 5.09. The largest absolute Gasteiger partial charge is 0.485 e. The summed E-state index contributed by atoms with van der Waals surface area (Å²) >= 11 is 0. The molecule has 0 bridgehead atoms. The number of benzene rings is 2. The summed E-state index contributed by atoms with van der Waals surface area (Å²) in [6, 6.07) is 15.3. The van der Waals surface area contributed by atoms with Gasteiger partial charge in [-0.1, -0.05) is 18.2 Å². The number of aromatic nitrogens is 1. The van der Waals surface area contributed by atoms with Crippen LogP contribution < -0.4 is 4.74 Å². The second-order valence-electron chi connectivity index (χ2n) is 7.22. The number of aliphatic hydroxyl groups excluding tert-OH is 1. The summed E-state index contributed by atoms with van der Waals surface area (Å²) in [4.78, 5) is 12.0. The topological polar surface area (TPSA) is 95.5 Å². The van der Waals surface area contributed by atoms with Crippen LogP contribution in [0, 0.1) is 11.3 Å². The number of fused-ring (bicyclic) bond motifs is 2. The van der Waals surface area contributed by atoms with Crippen molar-refractivity contribution in [2.45, 2.75) is 31.6 Å². The maximum absolute atomic E-state index is 12.0. The third-order valence-corrected chi connectivity index (χ3v) is 5.09. The zero-order valence-corrected chi connectivity index (χ0v) is 14.9. The van der Waals surface area contributed by atoms with Crippen LogP contribution in [-0.2, 0) is 0 Å². The molecule has 0 amide bonds. The molecule has 27 heavy (non-hydrogen) atoms. The van der Waals surface area contributed by atoms with Crippen LogP contribution in [0.15, 0.2) is 48.5 Å². The Hall–Kier alpha value is -3.30. The van der Waals surface area contributed by atoms with Gasteiger partial charge in [0.15, 0.2) is 0 Å². The molecule has 1 aromatic heterocycles. The summed E-state index contributed by atoms with van der Waals surface area (Å²) in [5.74, 6) is -0.552. The highest BCUT2D eigenvalue weighted by atomic mass is 16.5. The number of hydrogen-bond acceptors (Lipinski definition) is 4.